The maximum absolute atomic E-state index is 5.88. The molecule has 1 atom stereocenters. The number of aromatic nitrogens is 1. The molecule has 1 aliphatic heterocycles. The fraction of sp³-hybridized carbons (Fsp3) is 0.455. The summed E-state index contributed by atoms with van der Waals surface area (Å²) in [4.78, 5) is 6.87. The van der Waals surface area contributed by atoms with Gasteiger partial charge in [0.2, 0.25) is 0 Å². The lowest BCUT2D eigenvalue weighted by Crippen LogP contribution is -2.33. The summed E-state index contributed by atoms with van der Waals surface area (Å²) in [6, 6.07) is 1.85. The topological polar surface area (TPSA) is 25.4 Å². The van der Waals surface area contributed by atoms with Crippen LogP contribution >= 0.6 is 36.2 Å². The molecule has 17 heavy (non-hydrogen) atoms. The van der Waals surface area contributed by atoms with E-state index in [1.165, 1.54) is 0 Å². The zero-order valence-corrected chi connectivity index (χ0v) is 11.8. The van der Waals surface area contributed by atoms with Crippen LogP contribution < -0.4 is 4.74 Å². The van der Waals surface area contributed by atoms with Crippen molar-refractivity contribution in [3.8, 4) is 5.75 Å². The number of nitrogens with zero attached hydrogens (tertiary/aromatic N) is 2. The third-order valence-electron chi connectivity index (χ3n) is 2.56. The van der Waals surface area contributed by atoms with Crippen molar-refractivity contribution in [2.75, 3.05) is 19.5 Å². The minimum atomic E-state index is 0. The SMILES string of the molecule is CN1CC(CCCl)Oc2ccncc2C1=S.Cl. The molecule has 1 aromatic heterocycles. The number of rotatable bonds is 2. The Morgan fingerprint density at radius 2 is 2.41 bits per heavy atom. The quantitative estimate of drug-likeness (QED) is 0.618. The summed E-state index contributed by atoms with van der Waals surface area (Å²) >= 11 is 11.1. The Morgan fingerprint density at radius 3 is 3.12 bits per heavy atom. The highest BCUT2D eigenvalue weighted by atomic mass is 35.5. The highest BCUT2D eigenvalue weighted by molar-refractivity contribution is 7.80. The van der Waals surface area contributed by atoms with Crippen molar-refractivity contribution in [1.29, 1.82) is 0 Å². The second-order valence-electron chi connectivity index (χ2n) is 3.78. The molecule has 0 N–H and O–H groups in total. The van der Waals surface area contributed by atoms with Crippen LogP contribution in [0.4, 0.5) is 0 Å². The second kappa shape index (κ2) is 6.38. The summed E-state index contributed by atoms with van der Waals surface area (Å²) in [5, 5.41) is 0. The van der Waals surface area contributed by atoms with E-state index in [2.05, 4.69) is 4.98 Å². The highest BCUT2D eigenvalue weighted by Crippen LogP contribution is 2.24. The number of halogens is 2. The van der Waals surface area contributed by atoms with E-state index >= 15 is 0 Å². The number of pyridine rings is 1. The first-order chi connectivity index (χ1) is 7.72. The standard InChI is InChI=1S/C11H13ClN2OS.ClH/c1-14-7-8(2-4-12)15-10-3-5-13-6-9(10)11(14)16;/h3,5-6,8H,2,4,7H2,1H3;1H. The van der Waals surface area contributed by atoms with Crippen molar-refractivity contribution in [3.05, 3.63) is 24.0 Å². The smallest absolute Gasteiger partial charge is 0.133 e. The van der Waals surface area contributed by atoms with Gasteiger partial charge >= 0.3 is 0 Å². The van der Waals surface area contributed by atoms with Crippen molar-refractivity contribution in [2.24, 2.45) is 0 Å². The Morgan fingerprint density at radius 1 is 1.65 bits per heavy atom. The summed E-state index contributed by atoms with van der Waals surface area (Å²) < 4.78 is 5.88. The van der Waals surface area contributed by atoms with Crippen molar-refractivity contribution in [1.82, 2.24) is 9.88 Å². The molecule has 0 radical (unpaired) electrons. The fourth-order valence-electron chi connectivity index (χ4n) is 1.73. The van der Waals surface area contributed by atoms with Crippen molar-refractivity contribution >= 4 is 41.2 Å². The molecule has 1 unspecified atom stereocenters. The molecule has 0 spiro atoms. The summed E-state index contributed by atoms with van der Waals surface area (Å²) in [5.41, 5.74) is 0.886. The summed E-state index contributed by atoms with van der Waals surface area (Å²) in [5.74, 6) is 1.39. The van der Waals surface area contributed by atoms with Crippen molar-refractivity contribution in [2.45, 2.75) is 12.5 Å². The summed E-state index contributed by atoms with van der Waals surface area (Å²) in [6.07, 6.45) is 4.36. The number of hydrogen-bond acceptors (Lipinski definition) is 3. The maximum atomic E-state index is 5.88. The van der Waals surface area contributed by atoms with E-state index in [0.717, 1.165) is 29.3 Å². The van der Waals surface area contributed by atoms with Gasteiger partial charge in [0.1, 0.15) is 16.8 Å². The van der Waals surface area contributed by atoms with Gasteiger partial charge in [-0.25, -0.2) is 0 Å². The lowest BCUT2D eigenvalue weighted by Gasteiger charge is -2.20. The Bertz CT molecular complexity index is 403. The lowest BCUT2D eigenvalue weighted by atomic mass is 10.2. The van der Waals surface area contributed by atoms with E-state index in [9.17, 15) is 0 Å². The van der Waals surface area contributed by atoms with Gasteiger partial charge in [-0.2, -0.15) is 0 Å². The lowest BCUT2D eigenvalue weighted by molar-refractivity contribution is 0.179. The third-order valence-corrected chi connectivity index (χ3v) is 3.31. The minimum Gasteiger partial charge on any atom is -0.488 e. The van der Waals surface area contributed by atoms with Crippen molar-refractivity contribution < 1.29 is 4.74 Å². The molecule has 1 aromatic rings. The first-order valence-corrected chi connectivity index (χ1v) is 6.08. The van der Waals surface area contributed by atoms with E-state index in [0.29, 0.717) is 5.88 Å². The third kappa shape index (κ3) is 3.21. The monoisotopic (exact) mass is 292 g/mol. The van der Waals surface area contributed by atoms with E-state index in [1.807, 2.05) is 18.0 Å². The number of ether oxygens (including phenoxy) is 1. The predicted molar refractivity (Wildman–Crippen MR) is 75.6 cm³/mol. The molecule has 6 heteroatoms. The van der Waals surface area contributed by atoms with Gasteiger partial charge in [0.05, 0.1) is 12.1 Å². The van der Waals surface area contributed by atoms with Gasteiger partial charge in [-0.3, -0.25) is 4.98 Å². The van der Waals surface area contributed by atoms with Gasteiger partial charge in [0, 0.05) is 25.3 Å². The molecule has 0 aliphatic carbocycles. The number of thiocarbonyl (C=S) groups is 1. The molecule has 94 valence electrons. The second-order valence-corrected chi connectivity index (χ2v) is 4.54. The molecule has 3 nitrogen and oxygen atoms in total. The average Bonchev–Trinajstić information content (AvgIpc) is 2.39. The average molecular weight is 293 g/mol. The van der Waals surface area contributed by atoms with Gasteiger partial charge in [-0.05, 0) is 12.5 Å². The van der Waals surface area contributed by atoms with Crippen LogP contribution in [0.25, 0.3) is 0 Å². The number of alkyl halides is 1. The van der Waals surface area contributed by atoms with Crippen LogP contribution in [0.1, 0.15) is 12.0 Å². The molecule has 0 aromatic carbocycles. The Labute approximate surface area is 118 Å². The Hall–Kier alpha value is -0.580. The minimum absolute atomic E-state index is 0. The van der Waals surface area contributed by atoms with E-state index in [1.54, 1.807) is 12.4 Å². The van der Waals surface area contributed by atoms with Crippen LogP contribution in [-0.2, 0) is 0 Å². The molecule has 0 saturated carbocycles. The molecular formula is C11H14Cl2N2OS. The molecule has 1 aliphatic rings. The molecular weight excluding hydrogens is 279 g/mol. The van der Waals surface area contributed by atoms with Gasteiger partial charge in [-0.1, -0.05) is 12.2 Å². The van der Waals surface area contributed by atoms with Crippen LogP contribution in [0, 0.1) is 0 Å². The Balaban J connectivity index is 0.00000144. The van der Waals surface area contributed by atoms with Crippen LogP contribution in [0.3, 0.4) is 0 Å². The van der Waals surface area contributed by atoms with Crippen LogP contribution in [-0.4, -0.2) is 40.4 Å². The normalized spacial score (nSPS) is 18.8. The summed E-state index contributed by atoms with van der Waals surface area (Å²) in [6.45, 7) is 0.764. The molecule has 2 heterocycles. The molecule has 2 rings (SSSR count). The highest BCUT2D eigenvalue weighted by Gasteiger charge is 2.23. The Kier molecular flexibility index (Phi) is 5.43. The molecule has 0 amide bonds. The van der Waals surface area contributed by atoms with Gasteiger partial charge in [0.25, 0.3) is 0 Å². The van der Waals surface area contributed by atoms with Crippen molar-refractivity contribution in [3.63, 3.8) is 0 Å². The zero-order chi connectivity index (χ0) is 11.5. The molecule has 0 bridgehead atoms. The summed E-state index contributed by atoms with van der Waals surface area (Å²) in [7, 11) is 1.97. The molecule has 0 fully saturated rings. The number of hydrogen-bond donors (Lipinski definition) is 0. The maximum Gasteiger partial charge on any atom is 0.133 e. The molecule has 0 saturated heterocycles. The zero-order valence-electron chi connectivity index (χ0n) is 9.43. The fourth-order valence-corrected chi connectivity index (χ4v) is 2.20. The van der Waals surface area contributed by atoms with E-state index < -0.39 is 0 Å². The predicted octanol–water partition coefficient (Wildman–Crippen LogP) is 2.50. The largest absolute Gasteiger partial charge is 0.488 e. The first-order valence-electron chi connectivity index (χ1n) is 5.14. The van der Waals surface area contributed by atoms with Gasteiger partial charge in [-0.15, -0.1) is 24.0 Å². The van der Waals surface area contributed by atoms with Gasteiger partial charge < -0.3 is 9.64 Å². The van der Waals surface area contributed by atoms with Gasteiger partial charge in [0.15, 0.2) is 0 Å². The number of likely N-dealkylation sites (N-methyl/N-ethyl adjacent to an activating group) is 1. The van der Waals surface area contributed by atoms with E-state index in [-0.39, 0.29) is 18.5 Å². The number of fused-ring (bicyclic) bond motifs is 1. The van der Waals surface area contributed by atoms with Crippen LogP contribution in [0.5, 0.6) is 5.75 Å². The van der Waals surface area contributed by atoms with E-state index in [4.69, 9.17) is 28.6 Å². The van der Waals surface area contributed by atoms with Crippen LogP contribution in [0.15, 0.2) is 18.5 Å². The first kappa shape index (κ1) is 14.5. The van der Waals surface area contributed by atoms with Crippen LogP contribution in [0.2, 0.25) is 0 Å².